The standard InChI is InChI=1S/C56H44N2/c1-3-17-40(18-4-1)47-30-14-21-41-22-15-31-51(56(41)47)49-29-10-12-33-54(49)58(52-34-16-20-39-19-7-8-27-46(39)52)45-26-13-23-42(37-45)43-35-36-50-48-28-9-11-32-53(48)57(55(50)38-43)44-24-5-2-6-25-44/h2,5-16,19-38,40H,1,3-4,17-18H2. The van der Waals surface area contributed by atoms with Gasteiger partial charge in [-0.1, -0.05) is 171 Å². The first-order valence-corrected chi connectivity index (χ1v) is 20.9. The van der Waals surface area contributed by atoms with Gasteiger partial charge in [0.15, 0.2) is 0 Å². The second-order valence-corrected chi connectivity index (χ2v) is 15.9. The Morgan fingerprint density at radius 1 is 0.414 bits per heavy atom. The fourth-order valence-corrected chi connectivity index (χ4v) is 9.89. The molecule has 1 fully saturated rings. The van der Waals surface area contributed by atoms with Gasteiger partial charge in [0.1, 0.15) is 0 Å². The number of nitrogens with zero attached hydrogens (tertiary/aromatic N) is 2. The number of rotatable bonds is 7. The molecule has 11 rings (SSSR count). The minimum Gasteiger partial charge on any atom is -0.309 e. The van der Waals surface area contributed by atoms with Crippen LogP contribution in [0.15, 0.2) is 200 Å². The van der Waals surface area contributed by atoms with Crippen molar-refractivity contribution >= 4 is 60.4 Å². The first-order valence-electron chi connectivity index (χ1n) is 20.9. The monoisotopic (exact) mass is 744 g/mol. The van der Waals surface area contributed by atoms with E-state index in [2.05, 4.69) is 210 Å². The number of hydrogen-bond acceptors (Lipinski definition) is 1. The molecule has 58 heavy (non-hydrogen) atoms. The van der Waals surface area contributed by atoms with Gasteiger partial charge in [0.05, 0.1) is 22.4 Å². The van der Waals surface area contributed by atoms with Gasteiger partial charge in [-0.15, -0.1) is 0 Å². The summed E-state index contributed by atoms with van der Waals surface area (Å²) in [4.78, 5) is 2.50. The largest absolute Gasteiger partial charge is 0.309 e. The molecule has 0 aliphatic heterocycles. The van der Waals surface area contributed by atoms with E-state index in [4.69, 9.17) is 0 Å². The van der Waals surface area contributed by atoms with Crippen LogP contribution in [0.4, 0.5) is 17.1 Å². The minimum absolute atomic E-state index is 0.592. The molecule has 1 heterocycles. The van der Waals surface area contributed by atoms with Crippen molar-refractivity contribution < 1.29 is 0 Å². The van der Waals surface area contributed by atoms with Crippen LogP contribution in [-0.4, -0.2) is 4.57 Å². The van der Waals surface area contributed by atoms with Crippen molar-refractivity contribution in [2.45, 2.75) is 38.0 Å². The summed E-state index contributed by atoms with van der Waals surface area (Å²) in [5.74, 6) is 0.592. The Kier molecular flexibility index (Phi) is 8.62. The molecule has 9 aromatic carbocycles. The van der Waals surface area contributed by atoms with Crippen LogP contribution in [0.2, 0.25) is 0 Å². The summed E-state index contributed by atoms with van der Waals surface area (Å²) in [5.41, 5.74) is 13.4. The maximum absolute atomic E-state index is 2.50. The van der Waals surface area contributed by atoms with Gasteiger partial charge in [-0.2, -0.15) is 0 Å². The zero-order chi connectivity index (χ0) is 38.4. The second kappa shape index (κ2) is 14.6. The zero-order valence-electron chi connectivity index (χ0n) is 32.6. The van der Waals surface area contributed by atoms with Crippen molar-refractivity contribution in [2.24, 2.45) is 0 Å². The molecule has 1 aliphatic carbocycles. The minimum atomic E-state index is 0.592. The molecule has 0 atom stereocenters. The molecule has 0 unspecified atom stereocenters. The summed E-state index contributed by atoms with van der Waals surface area (Å²) in [6.07, 6.45) is 6.50. The van der Waals surface area contributed by atoms with Gasteiger partial charge in [0.25, 0.3) is 0 Å². The maximum atomic E-state index is 2.50. The van der Waals surface area contributed by atoms with Crippen LogP contribution in [0.25, 0.3) is 71.3 Å². The lowest BCUT2D eigenvalue weighted by Crippen LogP contribution is -2.12. The summed E-state index contributed by atoms with van der Waals surface area (Å²) in [5, 5.41) is 7.69. The number of para-hydroxylation sites is 3. The molecule has 0 amide bonds. The van der Waals surface area contributed by atoms with Crippen LogP contribution in [0, 0.1) is 0 Å². The quantitative estimate of drug-likeness (QED) is 0.158. The topological polar surface area (TPSA) is 8.17 Å². The lowest BCUT2D eigenvalue weighted by Gasteiger charge is -2.30. The van der Waals surface area contributed by atoms with Crippen LogP contribution in [-0.2, 0) is 0 Å². The number of benzene rings is 9. The first-order chi connectivity index (χ1) is 28.8. The lowest BCUT2D eigenvalue weighted by atomic mass is 9.80. The molecule has 2 nitrogen and oxygen atoms in total. The normalized spacial score (nSPS) is 13.4. The number of aromatic nitrogens is 1. The second-order valence-electron chi connectivity index (χ2n) is 15.9. The van der Waals surface area contributed by atoms with Gasteiger partial charge in [-0.05, 0) is 106 Å². The molecule has 10 aromatic rings. The van der Waals surface area contributed by atoms with Gasteiger partial charge in [-0.3, -0.25) is 0 Å². The van der Waals surface area contributed by atoms with E-state index in [1.807, 2.05) is 0 Å². The number of hydrogen-bond donors (Lipinski definition) is 0. The number of anilines is 3. The Bertz CT molecular complexity index is 3100. The van der Waals surface area contributed by atoms with Gasteiger partial charge in [0.2, 0.25) is 0 Å². The van der Waals surface area contributed by atoms with Crippen LogP contribution < -0.4 is 4.90 Å². The molecule has 0 radical (unpaired) electrons. The molecule has 278 valence electrons. The van der Waals surface area contributed by atoms with Crippen LogP contribution in [0.3, 0.4) is 0 Å². The Morgan fingerprint density at radius 3 is 1.95 bits per heavy atom. The average Bonchev–Trinajstić information content (AvgIpc) is 3.63. The van der Waals surface area contributed by atoms with Crippen molar-refractivity contribution in [2.75, 3.05) is 4.90 Å². The van der Waals surface area contributed by atoms with Crippen LogP contribution in [0.5, 0.6) is 0 Å². The Morgan fingerprint density at radius 2 is 1.05 bits per heavy atom. The highest BCUT2D eigenvalue weighted by Crippen LogP contribution is 2.47. The highest BCUT2D eigenvalue weighted by molar-refractivity contribution is 6.10. The van der Waals surface area contributed by atoms with Crippen molar-refractivity contribution in [1.29, 1.82) is 0 Å². The van der Waals surface area contributed by atoms with Crippen molar-refractivity contribution in [3.63, 3.8) is 0 Å². The summed E-state index contributed by atoms with van der Waals surface area (Å²) in [6.45, 7) is 0. The SMILES string of the molecule is c1ccc(-n2c3ccccc3c3ccc(-c4cccc(N(c5ccccc5-c5cccc6cccc(C7CCCCC7)c56)c5cccc6ccccc56)c4)cc32)cc1. The number of fused-ring (bicyclic) bond motifs is 5. The van der Waals surface area contributed by atoms with Gasteiger partial charge < -0.3 is 9.47 Å². The highest BCUT2D eigenvalue weighted by Gasteiger charge is 2.24. The maximum Gasteiger partial charge on any atom is 0.0547 e. The van der Waals surface area contributed by atoms with E-state index in [1.54, 1.807) is 0 Å². The van der Waals surface area contributed by atoms with E-state index in [0.29, 0.717) is 5.92 Å². The zero-order valence-corrected chi connectivity index (χ0v) is 32.6. The van der Waals surface area contributed by atoms with Crippen molar-refractivity contribution in [1.82, 2.24) is 4.57 Å². The third-order valence-electron chi connectivity index (χ3n) is 12.6. The third kappa shape index (κ3) is 5.87. The van der Waals surface area contributed by atoms with Crippen molar-refractivity contribution in [3.8, 4) is 27.9 Å². The summed E-state index contributed by atoms with van der Waals surface area (Å²) in [7, 11) is 0. The van der Waals surface area contributed by atoms with E-state index in [0.717, 1.165) is 11.4 Å². The molecular formula is C56H44N2. The Hall–Kier alpha value is -6.90. The summed E-state index contributed by atoms with van der Waals surface area (Å²) >= 11 is 0. The first kappa shape index (κ1) is 34.4. The Balaban J connectivity index is 1.12. The smallest absolute Gasteiger partial charge is 0.0547 e. The highest BCUT2D eigenvalue weighted by atomic mass is 15.1. The fraction of sp³-hybridized carbons (Fsp3) is 0.107. The van der Waals surface area contributed by atoms with Gasteiger partial charge in [0, 0.05) is 33.1 Å². The molecule has 1 aliphatic rings. The average molecular weight is 745 g/mol. The molecule has 0 bridgehead atoms. The fourth-order valence-electron chi connectivity index (χ4n) is 9.89. The molecule has 0 N–H and O–H groups in total. The molecule has 1 aromatic heterocycles. The lowest BCUT2D eigenvalue weighted by molar-refractivity contribution is 0.445. The van der Waals surface area contributed by atoms with Crippen LogP contribution >= 0.6 is 0 Å². The van der Waals surface area contributed by atoms with Gasteiger partial charge >= 0.3 is 0 Å². The van der Waals surface area contributed by atoms with Crippen LogP contribution in [0.1, 0.15) is 43.6 Å². The van der Waals surface area contributed by atoms with E-state index in [-0.39, 0.29) is 0 Å². The summed E-state index contributed by atoms with van der Waals surface area (Å²) < 4.78 is 2.41. The molecule has 2 heteroatoms. The Labute approximate surface area is 340 Å². The molecule has 1 saturated carbocycles. The van der Waals surface area contributed by atoms with E-state index in [9.17, 15) is 0 Å². The summed E-state index contributed by atoms with van der Waals surface area (Å²) in [6, 6.07) is 74.0. The van der Waals surface area contributed by atoms with E-state index >= 15 is 0 Å². The van der Waals surface area contributed by atoms with Crippen molar-refractivity contribution in [3.05, 3.63) is 206 Å². The predicted molar refractivity (Wildman–Crippen MR) is 247 cm³/mol. The van der Waals surface area contributed by atoms with E-state index < -0.39 is 0 Å². The van der Waals surface area contributed by atoms with Gasteiger partial charge in [-0.25, -0.2) is 0 Å². The molecule has 0 spiro atoms. The molecular weight excluding hydrogens is 701 g/mol. The molecule has 0 saturated heterocycles. The predicted octanol–water partition coefficient (Wildman–Crippen LogP) is 15.9. The van der Waals surface area contributed by atoms with E-state index in [1.165, 1.54) is 115 Å². The third-order valence-corrected chi connectivity index (χ3v) is 12.6.